The van der Waals surface area contributed by atoms with E-state index in [0.717, 1.165) is 11.4 Å². The summed E-state index contributed by atoms with van der Waals surface area (Å²) in [5.41, 5.74) is 0.177. The number of nitrogens with zero attached hydrogens (tertiary/aromatic N) is 3. The molecule has 0 radical (unpaired) electrons. The minimum absolute atomic E-state index is 0.308. The second-order valence-corrected chi connectivity index (χ2v) is 4.55. The second-order valence-electron chi connectivity index (χ2n) is 4.55. The third-order valence-corrected chi connectivity index (χ3v) is 3.34. The molecule has 1 aromatic carbocycles. The largest absolute Gasteiger partial charge is 0.491 e. The first-order valence-electron chi connectivity index (χ1n) is 6.47. The molecular formula is C14H19N3O2. The van der Waals surface area contributed by atoms with Gasteiger partial charge in [0.2, 0.25) is 0 Å². The van der Waals surface area contributed by atoms with Gasteiger partial charge in [-0.2, -0.15) is 5.10 Å². The summed E-state index contributed by atoms with van der Waals surface area (Å²) in [6.07, 6.45) is 4.50. The first kappa shape index (κ1) is 13.5. The summed E-state index contributed by atoms with van der Waals surface area (Å²) in [6.45, 7) is 4.23. The highest BCUT2D eigenvalue weighted by Gasteiger charge is 2.22. The van der Waals surface area contributed by atoms with Crippen molar-refractivity contribution in [3.05, 3.63) is 36.9 Å². The van der Waals surface area contributed by atoms with Gasteiger partial charge < -0.3 is 9.84 Å². The summed E-state index contributed by atoms with van der Waals surface area (Å²) in [5, 5.41) is 14.2. The molecule has 0 unspecified atom stereocenters. The van der Waals surface area contributed by atoms with Crippen LogP contribution in [0.15, 0.2) is 36.9 Å². The molecule has 5 heteroatoms. The third kappa shape index (κ3) is 3.32. The van der Waals surface area contributed by atoms with Crippen molar-refractivity contribution in [3.63, 3.8) is 0 Å². The molecule has 0 bridgehead atoms. The number of benzene rings is 1. The van der Waals surface area contributed by atoms with Gasteiger partial charge in [0, 0.05) is 0 Å². The molecule has 0 saturated carbocycles. The number of aromatic nitrogens is 3. The van der Waals surface area contributed by atoms with E-state index in [1.807, 2.05) is 38.1 Å². The average molecular weight is 261 g/mol. The fourth-order valence-corrected chi connectivity index (χ4v) is 1.71. The Hall–Kier alpha value is -1.88. The van der Waals surface area contributed by atoms with Gasteiger partial charge in [0.1, 0.15) is 25.0 Å². The predicted molar refractivity (Wildman–Crippen MR) is 72.4 cm³/mol. The van der Waals surface area contributed by atoms with Crippen LogP contribution in [0.2, 0.25) is 0 Å². The minimum atomic E-state index is -0.745. The van der Waals surface area contributed by atoms with Crippen molar-refractivity contribution in [2.45, 2.75) is 32.3 Å². The smallest absolute Gasteiger partial charge is 0.138 e. The van der Waals surface area contributed by atoms with Gasteiger partial charge in [0.25, 0.3) is 0 Å². The standard InChI is InChI=1S/C14H19N3O2/c1-3-14(18,4-2)9-19-13-7-5-12(6-8-13)17-11-15-10-16-17/h5-8,10-11,18H,3-4,9H2,1-2H3. The third-order valence-electron chi connectivity index (χ3n) is 3.34. The lowest BCUT2D eigenvalue weighted by atomic mass is 9.99. The Labute approximate surface area is 112 Å². The van der Waals surface area contributed by atoms with Crippen LogP contribution >= 0.6 is 0 Å². The van der Waals surface area contributed by atoms with Crippen LogP contribution in [0.3, 0.4) is 0 Å². The molecule has 0 spiro atoms. The van der Waals surface area contributed by atoms with Gasteiger partial charge in [-0.1, -0.05) is 13.8 Å². The summed E-state index contributed by atoms with van der Waals surface area (Å²) < 4.78 is 7.31. The van der Waals surface area contributed by atoms with Crippen LogP contribution in [0.1, 0.15) is 26.7 Å². The fourth-order valence-electron chi connectivity index (χ4n) is 1.71. The molecule has 2 rings (SSSR count). The van der Waals surface area contributed by atoms with E-state index in [0.29, 0.717) is 19.4 Å². The molecule has 0 saturated heterocycles. The summed E-state index contributed by atoms with van der Waals surface area (Å²) in [4.78, 5) is 3.90. The van der Waals surface area contributed by atoms with Crippen molar-refractivity contribution in [2.75, 3.05) is 6.61 Å². The summed E-state index contributed by atoms with van der Waals surface area (Å²) in [6, 6.07) is 7.54. The van der Waals surface area contributed by atoms with E-state index in [9.17, 15) is 5.11 Å². The Morgan fingerprint density at radius 1 is 1.21 bits per heavy atom. The van der Waals surface area contributed by atoms with Gasteiger partial charge in [0.05, 0.1) is 11.3 Å². The highest BCUT2D eigenvalue weighted by molar-refractivity contribution is 5.36. The van der Waals surface area contributed by atoms with Gasteiger partial charge in [-0.3, -0.25) is 0 Å². The van der Waals surface area contributed by atoms with Crippen molar-refractivity contribution in [1.82, 2.24) is 14.8 Å². The second kappa shape index (κ2) is 5.84. The van der Waals surface area contributed by atoms with E-state index < -0.39 is 5.60 Å². The molecule has 0 atom stereocenters. The fraction of sp³-hybridized carbons (Fsp3) is 0.429. The van der Waals surface area contributed by atoms with Crippen molar-refractivity contribution in [2.24, 2.45) is 0 Å². The lowest BCUT2D eigenvalue weighted by Gasteiger charge is -2.25. The predicted octanol–water partition coefficient (Wildman–Crippen LogP) is 2.20. The Kier molecular flexibility index (Phi) is 4.16. The zero-order valence-corrected chi connectivity index (χ0v) is 11.3. The highest BCUT2D eigenvalue weighted by Crippen LogP contribution is 2.19. The molecule has 0 aliphatic heterocycles. The Bertz CT molecular complexity index is 490. The van der Waals surface area contributed by atoms with E-state index in [1.54, 1.807) is 11.0 Å². The van der Waals surface area contributed by atoms with E-state index in [-0.39, 0.29) is 0 Å². The molecule has 1 aromatic heterocycles. The molecule has 0 aliphatic rings. The normalized spacial score (nSPS) is 11.5. The SMILES string of the molecule is CCC(O)(CC)COc1ccc(-n2cncn2)cc1. The maximum atomic E-state index is 10.1. The van der Waals surface area contributed by atoms with E-state index in [1.165, 1.54) is 6.33 Å². The van der Waals surface area contributed by atoms with Gasteiger partial charge in [-0.25, -0.2) is 9.67 Å². The zero-order valence-electron chi connectivity index (χ0n) is 11.3. The molecular weight excluding hydrogens is 242 g/mol. The molecule has 19 heavy (non-hydrogen) atoms. The average Bonchev–Trinajstić information content (AvgIpc) is 2.99. The number of rotatable bonds is 6. The Balaban J connectivity index is 2.00. The molecule has 102 valence electrons. The van der Waals surface area contributed by atoms with Crippen LogP contribution in [-0.4, -0.2) is 32.1 Å². The van der Waals surface area contributed by atoms with Crippen LogP contribution in [0.25, 0.3) is 5.69 Å². The maximum Gasteiger partial charge on any atom is 0.138 e. The van der Waals surface area contributed by atoms with Crippen molar-refractivity contribution in [3.8, 4) is 11.4 Å². The molecule has 5 nitrogen and oxygen atoms in total. The molecule has 1 N–H and O–H groups in total. The topological polar surface area (TPSA) is 60.2 Å². The lowest BCUT2D eigenvalue weighted by molar-refractivity contribution is -0.0113. The minimum Gasteiger partial charge on any atom is -0.491 e. The van der Waals surface area contributed by atoms with E-state index in [2.05, 4.69) is 10.1 Å². The van der Waals surface area contributed by atoms with Crippen molar-refractivity contribution in [1.29, 1.82) is 0 Å². The first-order chi connectivity index (χ1) is 9.17. The van der Waals surface area contributed by atoms with Crippen LogP contribution in [0, 0.1) is 0 Å². The van der Waals surface area contributed by atoms with Gasteiger partial charge >= 0.3 is 0 Å². The van der Waals surface area contributed by atoms with Crippen LogP contribution in [0.5, 0.6) is 5.75 Å². The summed E-state index contributed by atoms with van der Waals surface area (Å²) in [7, 11) is 0. The molecule has 0 amide bonds. The quantitative estimate of drug-likeness (QED) is 0.866. The van der Waals surface area contributed by atoms with Crippen molar-refractivity contribution >= 4 is 0 Å². The summed E-state index contributed by atoms with van der Waals surface area (Å²) in [5.74, 6) is 0.740. The number of hydrogen-bond acceptors (Lipinski definition) is 4. The lowest BCUT2D eigenvalue weighted by Crippen LogP contribution is -2.34. The maximum absolute atomic E-state index is 10.1. The number of ether oxygens (including phenoxy) is 1. The Morgan fingerprint density at radius 3 is 2.42 bits per heavy atom. The van der Waals surface area contributed by atoms with Crippen LogP contribution in [-0.2, 0) is 0 Å². The van der Waals surface area contributed by atoms with Crippen LogP contribution < -0.4 is 4.74 Å². The van der Waals surface area contributed by atoms with E-state index >= 15 is 0 Å². The summed E-state index contributed by atoms with van der Waals surface area (Å²) >= 11 is 0. The molecule has 1 heterocycles. The van der Waals surface area contributed by atoms with E-state index in [4.69, 9.17) is 4.74 Å². The van der Waals surface area contributed by atoms with Crippen LogP contribution in [0.4, 0.5) is 0 Å². The molecule has 0 aliphatic carbocycles. The van der Waals surface area contributed by atoms with Gasteiger partial charge in [0.15, 0.2) is 0 Å². The molecule has 2 aromatic rings. The Morgan fingerprint density at radius 2 is 1.89 bits per heavy atom. The monoisotopic (exact) mass is 261 g/mol. The first-order valence-corrected chi connectivity index (χ1v) is 6.47. The van der Waals surface area contributed by atoms with Crippen molar-refractivity contribution < 1.29 is 9.84 Å². The number of hydrogen-bond donors (Lipinski definition) is 1. The number of aliphatic hydroxyl groups is 1. The van der Waals surface area contributed by atoms with Gasteiger partial charge in [-0.15, -0.1) is 0 Å². The highest BCUT2D eigenvalue weighted by atomic mass is 16.5. The van der Waals surface area contributed by atoms with Gasteiger partial charge in [-0.05, 0) is 37.1 Å². The zero-order chi connectivity index (χ0) is 13.7. The molecule has 0 fully saturated rings.